The number of H-pyrrole nitrogens is 1. The molecule has 1 fully saturated rings. The summed E-state index contributed by atoms with van der Waals surface area (Å²) in [6, 6.07) is 6.20. The van der Waals surface area contributed by atoms with Crippen molar-refractivity contribution in [3.63, 3.8) is 0 Å². The molecular weight excluding hydrogens is 380 g/mol. The molecule has 2 aliphatic rings. The van der Waals surface area contributed by atoms with Gasteiger partial charge in [0.2, 0.25) is 0 Å². The van der Waals surface area contributed by atoms with Crippen LogP contribution in [0.5, 0.6) is 0 Å². The number of hydrogen-bond donors (Lipinski definition) is 1. The number of rotatable bonds is 3. The highest BCUT2D eigenvalue weighted by atomic mass is 32.1. The summed E-state index contributed by atoms with van der Waals surface area (Å²) in [5.41, 5.74) is 5.93. The quantitative estimate of drug-likeness (QED) is 0.712. The van der Waals surface area contributed by atoms with Crippen LogP contribution in [-0.2, 0) is 19.4 Å². The maximum atomic E-state index is 13.2. The first-order valence-electron chi connectivity index (χ1n) is 10.6. The van der Waals surface area contributed by atoms with Crippen molar-refractivity contribution in [1.29, 1.82) is 0 Å². The molecule has 29 heavy (non-hydrogen) atoms. The summed E-state index contributed by atoms with van der Waals surface area (Å²) in [4.78, 5) is 25.7. The predicted octanol–water partition coefficient (Wildman–Crippen LogP) is 4.02. The first kappa shape index (κ1) is 18.8. The highest BCUT2D eigenvalue weighted by Gasteiger charge is 2.24. The predicted molar refractivity (Wildman–Crippen MR) is 118 cm³/mol. The third-order valence-electron chi connectivity index (χ3n) is 6.39. The molecule has 1 aliphatic heterocycles. The zero-order valence-electron chi connectivity index (χ0n) is 17.2. The van der Waals surface area contributed by atoms with Gasteiger partial charge in [0.1, 0.15) is 0 Å². The Morgan fingerprint density at radius 1 is 1.28 bits per heavy atom. The molecule has 2 aromatic heterocycles. The van der Waals surface area contributed by atoms with Crippen LogP contribution in [0.15, 0.2) is 23.6 Å². The summed E-state index contributed by atoms with van der Waals surface area (Å²) in [5, 5.41) is 4.50. The monoisotopic (exact) mass is 408 g/mol. The van der Waals surface area contributed by atoms with Crippen molar-refractivity contribution in [1.82, 2.24) is 19.8 Å². The third-order valence-corrected chi connectivity index (χ3v) is 7.22. The Morgan fingerprint density at radius 3 is 2.86 bits per heavy atom. The van der Waals surface area contributed by atoms with Gasteiger partial charge in [0, 0.05) is 60.3 Å². The molecule has 6 heteroatoms. The lowest BCUT2D eigenvalue weighted by molar-refractivity contribution is 0.0627. The van der Waals surface area contributed by atoms with Crippen molar-refractivity contribution in [3.8, 4) is 0 Å². The van der Waals surface area contributed by atoms with E-state index in [2.05, 4.69) is 39.3 Å². The van der Waals surface area contributed by atoms with E-state index in [1.54, 1.807) is 11.3 Å². The molecule has 1 amide bonds. The van der Waals surface area contributed by atoms with Gasteiger partial charge in [0.25, 0.3) is 5.91 Å². The topological polar surface area (TPSA) is 52.2 Å². The van der Waals surface area contributed by atoms with Gasteiger partial charge in [-0.1, -0.05) is 6.92 Å². The maximum Gasteiger partial charge on any atom is 0.253 e. The van der Waals surface area contributed by atoms with Crippen molar-refractivity contribution in [3.05, 3.63) is 51.1 Å². The maximum absolute atomic E-state index is 13.2. The molecule has 5 rings (SSSR count). The molecule has 3 aromatic rings. The number of aryl methyl sites for hydroxylation is 2. The summed E-state index contributed by atoms with van der Waals surface area (Å²) in [5.74, 6) is 0.880. The first-order valence-corrected chi connectivity index (χ1v) is 11.5. The van der Waals surface area contributed by atoms with Crippen molar-refractivity contribution >= 4 is 28.1 Å². The van der Waals surface area contributed by atoms with Gasteiger partial charge >= 0.3 is 0 Å². The van der Waals surface area contributed by atoms with Gasteiger partial charge < -0.3 is 9.88 Å². The van der Waals surface area contributed by atoms with Crippen LogP contribution in [0.2, 0.25) is 0 Å². The fourth-order valence-electron chi connectivity index (χ4n) is 4.73. The zero-order chi connectivity index (χ0) is 20.0. The zero-order valence-corrected chi connectivity index (χ0v) is 18.0. The van der Waals surface area contributed by atoms with Gasteiger partial charge in [-0.25, -0.2) is 4.98 Å². The van der Waals surface area contributed by atoms with Crippen LogP contribution in [0, 0.1) is 12.8 Å². The third kappa shape index (κ3) is 3.71. The number of amides is 1. The lowest BCUT2D eigenvalue weighted by Crippen LogP contribution is -2.48. The highest BCUT2D eigenvalue weighted by molar-refractivity contribution is 7.09. The number of thiazole rings is 1. The van der Waals surface area contributed by atoms with Gasteiger partial charge in [0.15, 0.2) is 0 Å². The molecule has 0 saturated carbocycles. The van der Waals surface area contributed by atoms with Gasteiger partial charge in [-0.05, 0) is 55.9 Å². The molecule has 0 bridgehead atoms. The average molecular weight is 409 g/mol. The fourth-order valence-corrected chi connectivity index (χ4v) is 5.33. The number of carbonyl (C=O) groups is 1. The van der Waals surface area contributed by atoms with Crippen LogP contribution in [0.3, 0.4) is 0 Å². The second-order valence-electron chi connectivity index (χ2n) is 8.62. The Hall–Kier alpha value is -2.18. The second-order valence-corrected chi connectivity index (χ2v) is 9.68. The molecule has 1 atom stereocenters. The Bertz CT molecular complexity index is 1040. The van der Waals surface area contributed by atoms with Crippen molar-refractivity contribution < 1.29 is 4.79 Å². The fraction of sp³-hybridized carbons (Fsp3) is 0.478. The summed E-state index contributed by atoms with van der Waals surface area (Å²) in [6.07, 6.45) is 3.48. The van der Waals surface area contributed by atoms with E-state index >= 15 is 0 Å². The van der Waals surface area contributed by atoms with Gasteiger partial charge in [0.05, 0.1) is 10.7 Å². The number of nitrogens with one attached hydrogen (secondary N) is 1. The number of nitrogens with zero attached hydrogens (tertiary/aromatic N) is 3. The summed E-state index contributed by atoms with van der Waals surface area (Å²) < 4.78 is 0. The number of benzene rings is 1. The summed E-state index contributed by atoms with van der Waals surface area (Å²) in [6.45, 7) is 8.62. The molecule has 152 valence electrons. The van der Waals surface area contributed by atoms with Crippen molar-refractivity contribution in [2.24, 2.45) is 5.92 Å². The van der Waals surface area contributed by atoms with E-state index in [-0.39, 0.29) is 5.91 Å². The van der Waals surface area contributed by atoms with E-state index in [1.165, 1.54) is 28.6 Å². The minimum Gasteiger partial charge on any atom is -0.358 e. The van der Waals surface area contributed by atoms with Crippen molar-refractivity contribution in [2.75, 3.05) is 26.2 Å². The largest absolute Gasteiger partial charge is 0.358 e. The Kier molecular flexibility index (Phi) is 4.92. The molecular formula is C23H28N4OS. The number of carbonyl (C=O) groups excluding carboxylic acids is 1. The Morgan fingerprint density at radius 2 is 2.10 bits per heavy atom. The second kappa shape index (κ2) is 7.58. The average Bonchev–Trinajstić information content (AvgIpc) is 3.30. The van der Waals surface area contributed by atoms with Gasteiger partial charge in [-0.2, -0.15) is 0 Å². The Balaban J connectivity index is 1.28. The molecule has 0 unspecified atom stereocenters. The first-order chi connectivity index (χ1) is 14.1. The van der Waals surface area contributed by atoms with Crippen LogP contribution in [0.1, 0.15) is 45.7 Å². The van der Waals surface area contributed by atoms with Crippen molar-refractivity contribution in [2.45, 2.75) is 39.7 Å². The number of piperazine rings is 1. The lowest BCUT2D eigenvalue weighted by atomic mass is 9.87. The minimum atomic E-state index is 0.162. The molecule has 1 N–H and O–H groups in total. The van der Waals surface area contributed by atoms with E-state index in [1.807, 2.05) is 17.9 Å². The van der Waals surface area contributed by atoms with Crippen LogP contribution in [0.25, 0.3) is 10.9 Å². The Labute approximate surface area is 175 Å². The van der Waals surface area contributed by atoms with Crippen LogP contribution >= 0.6 is 11.3 Å². The van der Waals surface area contributed by atoms with E-state index < -0.39 is 0 Å². The van der Waals surface area contributed by atoms with Crippen LogP contribution < -0.4 is 0 Å². The van der Waals surface area contributed by atoms with E-state index in [4.69, 9.17) is 0 Å². The molecule has 0 spiro atoms. The molecule has 3 heterocycles. The van der Waals surface area contributed by atoms with Crippen LogP contribution in [-0.4, -0.2) is 51.9 Å². The van der Waals surface area contributed by atoms with E-state index in [0.717, 1.165) is 67.7 Å². The number of hydrogen-bond acceptors (Lipinski definition) is 4. The summed E-state index contributed by atoms with van der Waals surface area (Å²) in [7, 11) is 0. The molecule has 5 nitrogen and oxygen atoms in total. The number of aromatic amines is 1. The highest BCUT2D eigenvalue weighted by Crippen LogP contribution is 2.32. The molecule has 1 saturated heterocycles. The molecule has 0 radical (unpaired) electrons. The number of aromatic nitrogens is 2. The SMILES string of the molecule is Cc1nc(CN2CCN(C(=O)c3ccc4[nH]c5c(c4c3)C[C@@H](C)CC5)CC2)cs1. The number of fused-ring (bicyclic) bond motifs is 3. The van der Waals surface area contributed by atoms with E-state index in [0.29, 0.717) is 0 Å². The standard InChI is InChI=1S/C23H28N4OS/c1-15-3-5-21-19(11-15)20-12-17(4-6-22(20)25-21)23(28)27-9-7-26(8-10-27)13-18-14-29-16(2)24-18/h4,6,12,14-15,25H,3,5,7-11,13H2,1-2H3/t15-/m0/s1. The minimum absolute atomic E-state index is 0.162. The lowest BCUT2D eigenvalue weighted by Gasteiger charge is -2.34. The molecule has 1 aromatic carbocycles. The van der Waals surface area contributed by atoms with Crippen LogP contribution in [0.4, 0.5) is 0 Å². The normalized spacial score (nSPS) is 20.2. The van der Waals surface area contributed by atoms with Gasteiger partial charge in [-0.3, -0.25) is 9.69 Å². The van der Waals surface area contributed by atoms with E-state index in [9.17, 15) is 4.79 Å². The van der Waals surface area contributed by atoms with Gasteiger partial charge in [-0.15, -0.1) is 11.3 Å². The molecule has 1 aliphatic carbocycles. The smallest absolute Gasteiger partial charge is 0.253 e. The summed E-state index contributed by atoms with van der Waals surface area (Å²) >= 11 is 1.70.